The van der Waals surface area contributed by atoms with E-state index in [-0.39, 0.29) is 0 Å². The van der Waals surface area contributed by atoms with Gasteiger partial charge in [-0.15, -0.1) is 0 Å². The number of halogens is 1. The molecule has 1 rings (SSSR count). The molecule has 108 valence electrons. The first-order valence-corrected chi connectivity index (χ1v) is 6.82. The van der Waals surface area contributed by atoms with E-state index in [1.165, 1.54) is 0 Å². The molecule has 0 aliphatic heterocycles. The zero-order valence-electron chi connectivity index (χ0n) is 11.7. The van der Waals surface area contributed by atoms with Crippen LogP contribution in [-0.2, 0) is 16.0 Å². The lowest BCUT2D eigenvalue weighted by molar-refractivity contribution is 0.191. The van der Waals surface area contributed by atoms with Gasteiger partial charge in [-0.25, -0.2) is 0 Å². The van der Waals surface area contributed by atoms with Crippen LogP contribution in [0.2, 0.25) is 5.02 Å². The minimum Gasteiger partial charge on any atom is -0.385 e. The molecule has 0 fully saturated rings. The molecule has 1 aromatic rings. The molecule has 0 saturated carbocycles. The van der Waals surface area contributed by atoms with Gasteiger partial charge < -0.3 is 20.1 Å². The van der Waals surface area contributed by atoms with Crippen molar-refractivity contribution in [1.82, 2.24) is 0 Å². The van der Waals surface area contributed by atoms with Gasteiger partial charge >= 0.3 is 0 Å². The smallest absolute Gasteiger partial charge is 0.0637 e. The predicted molar refractivity (Wildman–Crippen MR) is 79.9 cm³/mol. The van der Waals surface area contributed by atoms with Crippen LogP contribution in [0.25, 0.3) is 0 Å². The highest BCUT2D eigenvalue weighted by Gasteiger charge is 2.12. The van der Waals surface area contributed by atoms with Gasteiger partial charge in [0.15, 0.2) is 0 Å². The van der Waals surface area contributed by atoms with E-state index in [2.05, 4.69) is 11.0 Å². The quantitative estimate of drug-likeness (QED) is 0.708. The standard InChI is InChI=1S/C14H23ClN2O2/c1-18-9-4-7-17(8-10-19-2)14-6-3-5-13(15)12(14)11-16/h3,5-6H,4,7-11,16H2,1-2H3. The van der Waals surface area contributed by atoms with Crippen LogP contribution in [0.4, 0.5) is 5.69 Å². The van der Waals surface area contributed by atoms with Crippen LogP contribution in [-0.4, -0.2) is 40.5 Å². The number of hydrogen-bond acceptors (Lipinski definition) is 4. The summed E-state index contributed by atoms with van der Waals surface area (Å²) in [7, 11) is 3.42. The van der Waals surface area contributed by atoms with Crippen molar-refractivity contribution in [2.24, 2.45) is 5.73 Å². The summed E-state index contributed by atoms with van der Waals surface area (Å²) in [6.45, 7) is 3.55. The first-order chi connectivity index (χ1) is 9.24. The molecule has 0 aliphatic rings. The Bertz CT molecular complexity index is 374. The summed E-state index contributed by atoms with van der Waals surface area (Å²) in [6, 6.07) is 5.88. The maximum atomic E-state index is 6.21. The van der Waals surface area contributed by atoms with Gasteiger partial charge in [0.05, 0.1) is 6.61 Å². The highest BCUT2D eigenvalue weighted by molar-refractivity contribution is 6.31. The number of nitrogens with zero attached hydrogens (tertiary/aromatic N) is 1. The minimum absolute atomic E-state index is 0.433. The summed E-state index contributed by atoms with van der Waals surface area (Å²) in [4.78, 5) is 2.25. The third-order valence-electron chi connectivity index (χ3n) is 2.98. The van der Waals surface area contributed by atoms with Crippen molar-refractivity contribution in [2.75, 3.05) is 45.4 Å². The van der Waals surface area contributed by atoms with Crippen molar-refractivity contribution in [3.05, 3.63) is 28.8 Å². The van der Waals surface area contributed by atoms with Crippen LogP contribution in [0.1, 0.15) is 12.0 Å². The van der Waals surface area contributed by atoms with Crippen molar-refractivity contribution in [2.45, 2.75) is 13.0 Å². The van der Waals surface area contributed by atoms with Crippen molar-refractivity contribution >= 4 is 17.3 Å². The number of anilines is 1. The molecule has 4 nitrogen and oxygen atoms in total. The Morgan fingerprint density at radius 3 is 2.53 bits per heavy atom. The SMILES string of the molecule is COCCCN(CCOC)c1cccc(Cl)c1CN. The summed E-state index contributed by atoms with van der Waals surface area (Å²) >= 11 is 6.21. The van der Waals surface area contributed by atoms with Gasteiger partial charge in [-0.05, 0) is 18.6 Å². The van der Waals surface area contributed by atoms with Gasteiger partial charge in [0.1, 0.15) is 0 Å². The van der Waals surface area contributed by atoms with Crippen LogP contribution in [0.3, 0.4) is 0 Å². The third-order valence-corrected chi connectivity index (χ3v) is 3.33. The summed E-state index contributed by atoms with van der Waals surface area (Å²) in [6.07, 6.45) is 0.955. The number of rotatable bonds is 9. The second kappa shape index (κ2) is 9.15. The van der Waals surface area contributed by atoms with Gasteiger partial charge in [0.25, 0.3) is 0 Å². The molecule has 0 unspecified atom stereocenters. The predicted octanol–water partition coefficient (Wildman–Crippen LogP) is 2.29. The van der Waals surface area contributed by atoms with E-state index in [0.717, 1.165) is 37.4 Å². The van der Waals surface area contributed by atoms with Gasteiger partial charge in [0.2, 0.25) is 0 Å². The van der Waals surface area contributed by atoms with Crippen molar-refractivity contribution in [1.29, 1.82) is 0 Å². The number of benzene rings is 1. The number of ether oxygens (including phenoxy) is 2. The fourth-order valence-electron chi connectivity index (χ4n) is 2.00. The molecule has 0 saturated heterocycles. The molecule has 2 N–H and O–H groups in total. The third kappa shape index (κ3) is 4.99. The zero-order chi connectivity index (χ0) is 14.1. The number of nitrogens with two attached hydrogens (primary N) is 1. The molecule has 0 heterocycles. The van der Waals surface area contributed by atoms with Gasteiger partial charge in [-0.2, -0.15) is 0 Å². The summed E-state index contributed by atoms with van der Waals surface area (Å²) in [5.74, 6) is 0. The van der Waals surface area contributed by atoms with Crippen LogP contribution in [0.5, 0.6) is 0 Å². The minimum atomic E-state index is 0.433. The molecule has 1 aromatic carbocycles. The summed E-state index contributed by atoms with van der Waals surface area (Å²) in [5.41, 5.74) is 7.88. The lowest BCUT2D eigenvalue weighted by atomic mass is 10.1. The van der Waals surface area contributed by atoms with E-state index in [1.807, 2.05) is 12.1 Å². The van der Waals surface area contributed by atoms with Crippen LogP contribution in [0, 0.1) is 0 Å². The van der Waals surface area contributed by atoms with Crippen molar-refractivity contribution < 1.29 is 9.47 Å². The molecule has 0 spiro atoms. The number of hydrogen-bond donors (Lipinski definition) is 1. The molecule has 0 amide bonds. The second-order valence-electron chi connectivity index (χ2n) is 4.27. The molecule has 0 atom stereocenters. The van der Waals surface area contributed by atoms with E-state index in [0.29, 0.717) is 18.2 Å². The lowest BCUT2D eigenvalue weighted by Crippen LogP contribution is -2.30. The van der Waals surface area contributed by atoms with Crippen molar-refractivity contribution in [3.8, 4) is 0 Å². The first-order valence-electron chi connectivity index (χ1n) is 6.44. The summed E-state index contributed by atoms with van der Waals surface area (Å²) in [5, 5.41) is 0.717. The second-order valence-corrected chi connectivity index (χ2v) is 4.68. The van der Waals surface area contributed by atoms with E-state index < -0.39 is 0 Å². The largest absolute Gasteiger partial charge is 0.385 e. The van der Waals surface area contributed by atoms with Gasteiger partial charge in [0, 0.05) is 56.7 Å². The first kappa shape index (κ1) is 16.2. The Labute approximate surface area is 120 Å². The van der Waals surface area contributed by atoms with Gasteiger partial charge in [-0.3, -0.25) is 0 Å². The molecule has 0 aromatic heterocycles. The van der Waals surface area contributed by atoms with E-state index in [4.69, 9.17) is 26.8 Å². The van der Waals surface area contributed by atoms with Crippen LogP contribution >= 0.6 is 11.6 Å². The Hall–Kier alpha value is -0.810. The average Bonchev–Trinajstić information content (AvgIpc) is 2.42. The fraction of sp³-hybridized carbons (Fsp3) is 0.571. The van der Waals surface area contributed by atoms with E-state index in [1.54, 1.807) is 14.2 Å². The van der Waals surface area contributed by atoms with Crippen molar-refractivity contribution in [3.63, 3.8) is 0 Å². The van der Waals surface area contributed by atoms with E-state index >= 15 is 0 Å². The Morgan fingerprint density at radius 2 is 1.89 bits per heavy atom. The monoisotopic (exact) mass is 286 g/mol. The average molecular weight is 287 g/mol. The summed E-state index contributed by atoms with van der Waals surface area (Å²) < 4.78 is 10.3. The molecule has 0 radical (unpaired) electrons. The Balaban J connectivity index is 2.85. The number of methoxy groups -OCH3 is 2. The molecule has 0 aliphatic carbocycles. The maximum Gasteiger partial charge on any atom is 0.0637 e. The normalized spacial score (nSPS) is 10.7. The highest BCUT2D eigenvalue weighted by Crippen LogP contribution is 2.27. The zero-order valence-corrected chi connectivity index (χ0v) is 12.4. The van der Waals surface area contributed by atoms with E-state index in [9.17, 15) is 0 Å². The Kier molecular flexibility index (Phi) is 7.82. The molecular weight excluding hydrogens is 264 g/mol. The molecule has 5 heteroatoms. The lowest BCUT2D eigenvalue weighted by Gasteiger charge is -2.27. The Morgan fingerprint density at radius 1 is 1.16 bits per heavy atom. The van der Waals surface area contributed by atoms with Gasteiger partial charge in [-0.1, -0.05) is 17.7 Å². The molecule has 0 bridgehead atoms. The van der Waals surface area contributed by atoms with Crippen LogP contribution in [0.15, 0.2) is 18.2 Å². The molecular formula is C14H23ClN2O2. The highest BCUT2D eigenvalue weighted by atomic mass is 35.5. The topological polar surface area (TPSA) is 47.7 Å². The van der Waals surface area contributed by atoms with Crippen LogP contribution < -0.4 is 10.6 Å². The maximum absolute atomic E-state index is 6.21. The molecule has 19 heavy (non-hydrogen) atoms. The fourth-order valence-corrected chi connectivity index (χ4v) is 2.25.